The quantitative estimate of drug-likeness (QED) is 0.808. The standard InChI is InChI=1S/C17H25NO2/c1-13(2)11-17(8-3-4-9-17)12-18-15-7-5-6-14(10-15)16(19)20/h5-7,10,13,18H,3-4,8-9,11-12H2,1-2H3,(H,19,20). The Bertz CT molecular complexity index is 462. The third kappa shape index (κ3) is 3.75. The molecule has 1 aliphatic carbocycles. The van der Waals surface area contributed by atoms with Gasteiger partial charge in [0.1, 0.15) is 0 Å². The molecule has 0 saturated heterocycles. The molecule has 0 aliphatic heterocycles. The van der Waals surface area contributed by atoms with Crippen LogP contribution in [0.25, 0.3) is 0 Å². The van der Waals surface area contributed by atoms with Crippen molar-refractivity contribution in [3.8, 4) is 0 Å². The Kier molecular flexibility index (Phi) is 4.69. The van der Waals surface area contributed by atoms with Crippen LogP contribution in [0.3, 0.4) is 0 Å². The van der Waals surface area contributed by atoms with Gasteiger partial charge in [-0.15, -0.1) is 0 Å². The van der Waals surface area contributed by atoms with Crippen molar-refractivity contribution in [1.82, 2.24) is 0 Å². The van der Waals surface area contributed by atoms with E-state index in [1.54, 1.807) is 18.2 Å². The minimum absolute atomic E-state index is 0.347. The zero-order valence-corrected chi connectivity index (χ0v) is 12.5. The SMILES string of the molecule is CC(C)CC1(CNc2cccc(C(=O)O)c2)CCCC1. The molecular formula is C17H25NO2. The molecule has 0 amide bonds. The summed E-state index contributed by atoms with van der Waals surface area (Å²) in [6.45, 7) is 5.52. The van der Waals surface area contributed by atoms with Gasteiger partial charge in [-0.1, -0.05) is 32.8 Å². The molecule has 1 aromatic rings. The van der Waals surface area contributed by atoms with E-state index in [-0.39, 0.29) is 0 Å². The maximum absolute atomic E-state index is 11.0. The summed E-state index contributed by atoms with van der Waals surface area (Å²) in [6, 6.07) is 7.10. The van der Waals surface area contributed by atoms with Crippen LogP contribution in [0.4, 0.5) is 5.69 Å². The molecule has 0 bridgehead atoms. The summed E-state index contributed by atoms with van der Waals surface area (Å²) in [6.07, 6.45) is 6.47. The number of carbonyl (C=O) groups is 1. The summed E-state index contributed by atoms with van der Waals surface area (Å²) >= 11 is 0. The van der Waals surface area contributed by atoms with Crippen LogP contribution >= 0.6 is 0 Å². The number of hydrogen-bond acceptors (Lipinski definition) is 2. The number of aromatic carboxylic acids is 1. The molecule has 2 N–H and O–H groups in total. The molecule has 3 nitrogen and oxygen atoms in total. The van der Waals surface area contributed by atoms with Crippen molar-refractivity contribution >= 4 is 11.7 Å². The molecule has 1 fully saturated rings. The maximum Gasteiger partial charge on any atom is 0.335 e. The highest BCUT2D eigenvalue weighted by Crippen LogP contribution is 2.43. The van der Waals surface area contributed by atoms with Gasteiger partial charge in [0.25, 0.3) is 0 Å². The Balaban J connectivity index is 2.02. The first kappa shape index (κ1) is 14.9. The molecule has 0 radical (unpaired) electrons. The van der Waals surface area contributed by atoms with Crippen LogP contribution in [-0.4, -0.2) is 17.6 Å². The number of hydrogen-bond donors (Lipinski definition) is 2. The van der Waals surface area contributed by atoms with E-state index in [1.807, 2.05) is 6.07 Å². The van der Waals surface area contributed by atoms with E-state index in [0.717, 1.165) is 12.2 Å². The predicted molar refractivity (Wildman–Crippen MR) is 82.2 cm³/mol. The predicted octanol–water partition coefficient (Wildman–Crippen LogP) is 4.40. The van der Waals surface area contributed by atoms with Crippen molar-refractivity contribution in [3.05, 3.63) is 29.8 Å². The van der Waals surface area contributed by atoms with Gasteiger partial charge in [-0.3, -0.25) is 0 Å². The van der Waals surface area contributed by atoms with Gasteiger partial charge in [-0.2, -0.15) is 0 Å². The Morgan fingerprint density at radius 1 is 1.35 bits per heavy atom. The van der Waals surface area contributed by atoms with Crippen LogP contribution in [0.5, 0.6) is 0 Å². The lowest BCUT2D eigenvalue weighted by atomic mass is 9.78. The molecule has 0 unspecified atom stereocenters. The molecule has 0 spiro atoms. The Labute approximate surface area is 121 Å². The van der Waals surface area contributed by atoms with Crippen molar-refractivity contribution in [2.45, 2.75) is 46.0 Å². The molecule has 0 atom stereocenters. The topological polar surface area (TPSA) is 49.3 Å². The van der Waals surface area contributed by atoms with Gasteiger partial charge in [0.15, 0.2) is 0 Å². The molecule has 0 aromatic heterocycles. The summed E-state index contributed by atoms with van der Waals surface area (Å²) in [7, 11) is 0. The molecule has 3 heteroatoms. The first-order valence-electron chi connectivity index (χ1n) is 7.58. The third-order valence-electron chi connectivity index (χ3n) is 4.28. The fourth-order valence-corrected chi connectivity index (χ4v) is 3.50. The fraction of sp³-hybridized carbons (Fsp3) is 0.588. The van der Waals surface area contributed by atoms with Gasteiger partial charge in [0.05, 0.1) is 5.56 Å². The normalized spacial score (nSPS) is 17.4. The van der Waals surface area contributed by atoms with Gasteiger partial charge in [-0.05, 0) is 48.8 Å². The van der Waals surface area contributed by atoms with Crippen LogP contribution in [-0.2, 0) is 0 Å². The molecular weight excluding hydrogens is 250 g/mol. The van der Waals surface area contributed by atoms with Crippen LogP contribution in [0.15, 0.2) is 24.3 Å². The number of carboxylic acid groups (broad SMARTS) is 1. The van der Waals surface area contributed by atoms with Crippen LogP contribution in [0.2, 0.25) is 0 Å². The maximum atomic E-state index is 11.0. The zero-order chi connectivity index (χ0) is 14.6. The fourth-order valence-electron chi connectivity index (χ4n) is 3.50. The average Bonchev–Trinajstić information content (AvgIpc) is 2.85. The number of benzene rings is 1. The second kappa shape index (κ2) is 6.29. The van der Waals surface area contributed by atoms with Crippen molar-refractivity contribution in [2.24, 2.45) is 11.3 Å². The lowest BCUT2D eigenvalue weighted by molar-refractivity contribution is 0.0697. The van der Waals surface area contributed by atoms with Crippen LogP contribution in [0, 0.1) is 11.3 Å². The zero-order valence-electron chi connectivity index (χ0n) is 12.5. The summed E-state index contributed by atoms with van der Waals surface area (Å²) < 4.78 is 0. The van der Waals surface area contributed by atoms with E-state index in [1.165, 1.54) is 32.1 Å². The smallest absolute Gasteiger partial charge is 0.335 e. The van der Waals surface area contributed by atoms with Crippen molar-refractivity contribution in [2.75, 3.05) is 11.9 Å². The average molecular weight is 275 g/mol. The highest BCUT2D eigenvalue weighted by Gasteiger charge is 2.34. The minimum Gasteiger partial charge on any atom is -0.478 e. The van der Waals surface area contributed by atoms with E-state index < -0.39 is 5.97 Å². The summed E-state index contributed by atoms with van der Waals surface area (Å²) in [5, 5.41) is 12.5. The molecule has 0 heterocycles. The third-order valence-corrected chi connectivity index (χ3v) is 4.28. The molecule has 1 saturated carbocycles. The van der Waals surface area contributed by atoms with Gasteiger partial charge in [-0.25, -0.2) is 4.79 Å². The Morgan fingerprint density at radius 3 is 2.65 bits per heavy atom. The van der Waals surface area contributed by atoms with E-state index in [9.17, 15) is 4.79 Å². The molecule has 2 rings (SSSR count). The lowest BCUT2D eigenvalue weighted by Gasteiger charge is -2.31. The number of carboxylic acids is 1. The Hall–Kier alpha value is -1.51. The van der Waals surface area contributed by atoms with E-state index in [4.69, 9.17) is 5.11 Å². The van der Waals surface area contributed by atoms with Gasteiger partial charge in [0.2, 0.25) is 0 Å². The number of rotatable bonds is 6. The molecule has 1 aliphatic rings. The highest BCUT2D eigenvalue weighted by molar-refractivity contribution is 5.88. The highest BCUT2D eigenvalue weighted by atomic mass is 16.4. The molecule has 20 heavy (non-hydrogen) atoms. The van der Waals surface area contributed by atoms with Gasteiger partial charge in [0, 0.05) is 12.2 Å². The first-order chi connectivity index (χ1) is 9.51. The lowest BCUT2D eigenvalue weighted by Crippen LogP contribution is -2.28. The molecule has 1 aromatic carbocycles. The summed E-state index contributed by atoms with van der Waals surface area (Å²) in [5.41, 5.74) is 1.66. The van der Waals surface area contributed by atoms with E-state index >= 15 is 0 Å². The van der Waals surface area contributed by atoms with E-state index in [0.29, 0.717) is 16.9 Å². The monoisotopic (exact) mass is 275 g/mol. The van der Waals surface area contributed by atoms with Crippen molar-refractivity contribution in [3.63, 3.8) is 0 Å². The second-order valence-electron chi connectivity index (χ2n) is 6.54. The first-order valence-corrected chi connectivity index (χ1v) is 7.58. The summed E-state index contributed by atoms with van der Waals surface area (Å²) in [5.74, 6) is -0.160. The Morgan fingerprint density at radius 2 is 2.05 bits per heavy atom. The number of anilines is 1. The van der Waals surface area contributed by atoms with Crippen LogP contribution in [0.1, 0.15) is 56.3 Å². The largest absolute Gasteiger partial charge is 0.478 e. The van der Waals surface area contributed by atoms with Crippen LogP contribution < -0.4 is 5.32 Å². The van der Waals surface area contributed by atoms with Crippen molar-refractivity contribution < 1.29 is 9.90 Å². The number of nitrogens with one attached hydrogen (secondary N) is 1. The second-order valence-corrected chi connectivity index (χ2v) is 6.54. The minimum atomic E-state index is -0.869. The summed E-state index contributed by atoms with van der Waals surface area (Å²) in [4.78, 5) is 11.0. The van der Waals surface area contributed by atoms with Gasteiger partial charge < -0.3 is 10.4 Å². The van der Waals surface area contributed by atoms with Crippen molar-refractivity contribution in [1.29, 1.82) is 0 Å². The van der Waals surface area contributed by atoms with E-state index in [2.05, 4.69) is 19.2 Å². The molecule has 110 valence electrons. The van der Waals surface area contributed by atoms with Gasteiger partial charge >= 0.3 is 5.97 Å².